The summed E-state index contributed by atoms with van der Waals surface area (Å²) in [6.45, 7) is 4.10. The third-order valence-corrected chi connectivity index (χ3v) is 5.13. The van der Waals surface area contributed by atoms with Gasteiger partial charge in [0.05, 0.1) is 16.8 Å². The standard InChI is InChI=1S/C21H28N2O3/c1-15-19(16(2)26-23-15)14-25-20-13-9-8-12-18(20)21(24)22-17-10-6-4-3-5-7-11-17/h8-9,12-13,17H,3-7,10-11,14H2,1-2H3,(H,22,24). The third-order valence-electron chi connectivity index (χ3n) is 5.13. The summed E-state index contributed by atoms with van der Waals surface area (Å²) in [6.07, 6.45) is 8.36. The van der Waals surface area contributed by atoms with Crippen LogP contribution in [0.1, 0.15) is 72.3 Å². The first-order chi connectivity index (χ1) is 12.6. The van der Waals surface area contributed by atoms with E-state index in [0.29, 0.717) is 17.9 Å². The van der Waals surface area contributed by atoms with Crippen molar-refractivity contribution < 1.29 is 14.1 Å². The van der Waals surface area contributed by atoms with Crippen molar-refractivity contribution in [1.82, 2.24) is 10.5 Å². The average Bonchev–Trinajstić information content (AvgIpc) is 2.93. The molecule has 2 aromatic rings. The van der Waals surface area contributed by atoms with Crippen LogP contribution in [0.15, 0.2) is 28.8 Å². The number of carbonyl (C=O) groups excluding carboxylic acids is 1. The smallest absolute Gasteiger partial charge is 0.255 e. The summed E-state index contributed by atoms with van der Waals surface area (Å²) < 4.78 is 11.1. The van der Waals surface area contributed by atoms with Gasteiger partial charge in [-0.15, -0.1) is 0 Å². The Hall–Kier alpha value is -2.30. The third kappa shape index (κ3) is 4.65. The number of carbonyl (C=O) groups is 1. The summed E-state index contributed by atoms with van der Waals surface area (Å²) in [4.78, 5) is 12.8. The first-order valence-electron chi connectivity index (χ1n) is 9.59. The summed E-state index contributed by atoms with van der Waals surface area (Å²) in [5.41, 5.74) is 2.33. The number of aromatic nitrogens is 1. The average molecular weight is 356 g/mol. The number of aryl methyl sites for hydroxylation is 2. The quantitative estimate of drug-likeness (QED) is 0.842. The zero-order chi connectivity index (χ0) is 18.4. The molecule has 0 aliphatic heterocycles. The molecule has 1 amide bonds. The first kappa shape index (κ1) is 18.5. The van der Waals surface area contributed by atoms with Crippen molar-refractivity contribution in [2.75, 3.05) is 0 Å². The van der Waals surface area contributed by atoms with Crippen LogP contribution in [-0.4, -0.2) is 17.1 Å². The summed E-state index contributed by atoms with van der Waals surface area (Å²) in [5.74, 6) is 1.29. The number of hydrogen-bond donors (Lipinski definition) is 1. The van der Waals surface area contributed by atoms with Gasteiger partial charge in [-0.05, 0) is 38.8 Å². The van der Waals surface area contributed by atoms with E-state index >= 15 is 0 Å². The Morgan fingerprint density at radius 1 is 1.15 bits per heavy atom. The molecule has 26 heavy (non-hydrogen) atoms. The van der Waals surface area contributed by atoms with E-state index < -0.39 is 0 Å². The zero-order valence-electron chi connectivity index (χ0n) is 15.7. The molecular weight excluding hydrogens is 328 g/mol. The lowest BCUT2D eigenvalue weighted by Crippen LogP contribution is -2.35. The molecule has 0 atom stereocenters. The van der Waals surface area contributed by atoms with E-state index in [-0.39, 0.29) is 11.9 Å². The predicted octanol–water partition coefficient (Wildman–Crippen LogP) is 4.71. The lowest BCUT2D eigenvalue weighted by molar-refractivity contribution is 0.0926. The fourth-order valence-electron chi connectivity index (χ4n) is 3.50. The molecule has 1 aromatic heterocycles. The maximum Gasteiger partial charge on any atom is 0.255 e. The highest BCUT2D eigenvalue weighted by atomic mass is 16.5. The van der Waals surface area contributed by atoms with E-state index in [1.807, 2.05) is 38.1 Å². The van der Waals surface area contributed by atoms with E-state index in [1.165, 1.54) is 32.1 Å². The van der Waals surface area contributed by atoms with Crippen LogP contribution in [-0.2, 0) is 6.61 Å². The van der Waals surface area contributed by atoms with Gasteiger partial charge in [-0.25, -0.2) is 0 Å². The molecule has 0 bridgehead atoms. The maximum atomic E-state index is 12.8. The fraction of sp³-hybridized carbons (Fsp3) is 0.524. The minimum absolute atomic E-state index is 0.0510. The van der Waals surface area contributed by atoms with Crippen molar-refractivity contribution in [2.45, 2.75) is 71.4 Å². The van der Waals surface area contributed by atoms with E-state index in [4.69, 9.17) is 9.26 Å². The van der Waals surface area contributed by atoms with Gasteiger partial charge in [0.15, 0.2) is 0 Å². The highest BCUT2D eigenvalue weighted by molar-refractivity contribution is 5.97. The molecule has 1 aromatic carbocycles. The van der Waals surface area contributed by atoms with Gasteiger partial charge in [-0.2, -0.15) is 0 Å². The van der Waals surface area contributed by atoms with E-state index in [0.717, 1.165) is 29.9 Å². The Bertz CT molecular complexity index is 711. The molecule has 1 aliphatic carbocycles. The number of ether oxygens (including phenoxy) is 1. The SMILES string of the molecule is Cc1noc(C)c1COc1ccccc1C(=O)NC1CCCCCCC1. The molecule has 1 aliphatic rings. The number of amides is 1. The van der Waals surface area contributed by atoms with Gasteiger partial charge < -0.3 is 14.6 Å². The molecule has 1 heterocycles. The molecular formula is C21H28N2O3. The van der Waals surface area contributed by atoms with Crippen molar-refractivity contribution in [3.8, 4) is 5.75 Å². The monoisotopic (exact) mass is 356 g/mol. The second-order valence-corrected chi connectivity index (χ2v) is 7.10. The van der Waals surface area contributed by atoms with Crippen molar-refractivity contribution in [1.29, 1.82) is 0 Å². The number of para-hydroxylation sites is 1. The zero-order valence-corrected chi connectivity index (χ0v) is 15.7. The summed E-state index contributed by atoms with van der Waals surface area (Å²) >= 11 is 0. The van der Waals surface area contributed by atoms with Gasteiger partial charge in [-0.1, -0.05) is 49.4 Å². The van der Waals surface area contributed by atoms with Crippen molar-refractivity contribution in [2.24, 2.45) is 0 Å². The van der Waals surface area contributed by atoms with Crippen LogP contribution in [0, 0.1) is 13.8 Å². The van der Waals surface area contributed by atoms with E-state index in [9.17, 15) is 4.79 Å². The van der Waals surface area contributed by atoms with Crippen LogP contribution in [0.4, 0.5) is 0 Å². The second-order valence-electron chi connectivity index (χ2n) is 7.10. The summed E-state index contributed by atoms with van der Waals surface area (Å²) in [6, 6.07) is 7.68. The Morgan fingerprint density at radius 3 is 2.54 bits per heavy atom. The predicted molar refractivity (Wildman–Crippen MR) is 100 cm³/mol. The largest absolute Gasteiger partial charge is 0.488 e. The maximum absolute atomic E-state index is 12.8. The van der Waals surface area contributed by atoms with Crippen LogP contribution in [0.3, 0.4) is 0 Å². The Morgan fingerprint density at radius 2 is 1.85 bits per heavy atom. The van der Waals surface area contributed by atoms with Gasteiger partial charge >= 0.3 is 0 Å². The van der Waals surface area contributed by atoms with Gasteiger partial charge in [0, 0.05) is 6.04 Å². The Kier molecular flexibility index (Phi) is 6.31. The van der Waals surface area contributed by atoms with Crippen molar-refractivity contribution in [3.63, 3.8) is 0 Å². The normalized spacial score (nSPS) is 15.9. The molecule has 1 N–H and O–H groups in total. The van der Waals surface area contributed by atoms with Crippen molar-refractivity contribution >= 4 is 5.91 Å². The number of hydrogen-bond acceptors (Lipinski definition) is 4. The lowest BCUT2D eigenvalue weighted by Gasteiger charge is -2.21. The minimum Gasteiger partial charge on any atom is -0.488 e. The Labute approximate surface area is 155 Å². The molecule has 0 unspecified atom stereocenters. The molecule has 1 saturated carbocycles. The van der Waals surface area contributed by atoms with Crippen LogP contribution in [0.2, 0.25) is 0 Å². The molecule has 1 fully saturated rings. The molecule has 0 saturated heterocycles. The molecule has 3 rings (SSSR count). The molecule has 5 heteroatoms. The minimum atomic E-state index is -0.0510. The van der Waals surface area contributed by atoms with E-state index in [1.54, 1.807) is 0 Å². The molecule has 140 valence electrons. The summed E-state index contributed by atoms with van der Waals surface area (Å²) in [5, 5.41) is 7.16. The van der Waals surface area contributed by atoms with Gasteiger partial charge in [-0.3, -0.25) is 4.79 Å². The number of benzene rings is 1. The highest BCUT2D eigenvalue weighted by Crippen LogP contribution is 2.23. The molecule has 5 nitrogen and oxygen atoms in total. The van der Waals surface area contributed by atoms with Gasteiger partial charge in [0.25, 0.3) is 5.91 Å². The van der Waals surface area contributed by atoms with Gasteiger partial charge in [0.2, 0.25) is 0 Å². The topological polar surface area (TPSA) is 64.4 Å². The van der Waals surface area contributed by atoms with Crippen molar-refractivity contribution in [3.05, 3.63) is 46.8 Å². The van der Waals surface area contributed by atoms with Crippen LogP contribution in [0.5, 0.6) is 5.75 Å². The lowest BCUT2D eigenvalue weighted by atomic mass is 9.96. The fourth-order valence-corrected chi connectivity index (χ4v) is 3.50. The Balaban J connectivity index is 1.66. The molecule has 0 spiro atoms. The van der Waals surface area contributed by atoms with E-state index in [2.05, 4.69) is 10.5 Å². The van der Waals surface area contributed by atoms with Crippen LogP contribution in [0.25, 0.3) is 0 Å². The molecule has 0 radical (unpaired) electrons. The number of nitrogens with one attached hydrogen (secondary N) is 1. The summed E-state index contributed by atoms with van der Waals surface area (Å²) in [7, 11) is 0. The highest BCUT2D eigenvalue weighted by Gasteiger charge is 2.18. The number of rotatable bonds is 5. The van der Waals surface area contributed by atoms with Crippen LogP contribution >= 0.6 is 0 Å². The first-order valence-corrected chi connectivity index (χ1v) is 9.59. The van der Waals surface area contributed by atoms with Gasteiger partial charge in [0.1, 0.15) is 18.1 Å². The number of nitrogens with zero attached hydrogens (tertiary/aromatic N) is 1. The van der Waals surface area contributed by atoms with Crippen LogP contribution < -0.4 is 10.1 Å². The second kappa shape index (κ2) is 8.88.